The van der Waals surface area contributed by atoms with Crippen LogP contribution >= 0.6 is 0 Å². The van der Waals surface area contributed by atoms with E-state index >= 15 is 0 Å². The molecule has 8 heteroatoms. The van der Waals surface area contributed by atoms with Crippen molar-refractivity contribution < 1.29 is 38.2 Å². The average Bonchev–Trinajstić information content (AvgIpc) is 3.15. The standard InChI is InChI=1S/C48H77NO7/c1-6-8-10-12-14-16-18-20-22-24-26-28-30-32-34-36-38-46(50)55-43-44(42-54-41-40-45(48(52)53)49(3,4)5)56-47(51)39-37-35-33-31-29-27-25-23-21-19-17-15-13-11-9-7-2/h8-11,14-17,20-23,27,29,33,35,44-45H,6-7,12-13,18-19,24-26,28,30-32,34,36-43H2,1-5H3/p+1/b10-8+,11-9+,16-14+,17-15+,22-20+,23-21+,29-27+,35-33+. The summed E-state index contributed by atoms with van der Waals surface area (Å²) in [4.78, 5) is 36.9. The monoisotopic (exact) mass is 781 g/mol. The zero-order valence-corrected chi connectivity index (χ0v) is 35.8. The second kappa shape index (κ2) is 38.1. The summed E-state index contributed by atoms with van der Waals surface area (Å²) in [6.45, 7) is 4.39. The fraction of sp³-hybridized carbons (Fsp3) is 0.604. The van der Waals surface area contributed by atoms with E-state index < -0.39 is 24.1 Å². The second-order valence-electron chi connectivity index (χ2n) is 14.8. The van der Waals surface area contributed by atoms with Crippen LogP contribution in [0, 0.1) is 0 Å². The number of allylic oxidation sites excluding steroid dienone is 16. The number of aliphatic carboxylic acids is 1. The number of carboxylic acid groups (broad SMARTS) is 1. The minimum absolute atomic E-state index is 0.0205. The Balaban J connectivity index is 4.52. The highest BCUT2D eigenvalue weighted by Crippen LogP contribution is 2.12. The maximum absolute atomic E-state index is 12.7. The van der Waals surface area contributed by atoms with Crippen molar-refractivity contribution >= 4 is 17.9 Å². The molecule has 2 unspecified atom stereocenters. The lowest BCUT2D eigenvalue weighted by atomic mass is 10.1. The van der Waals surface area contributed by atoms with E-state index in [1.165, 1.54) is 12.8 Å². The van der Waals surface area contributed by atoms with Crippen LogP contribution in [0.1, 0.15) is 136 Å². The van der Waals surface area contributed by atoms with E-state index in [2.05, 4.69) is 98.9 Å². The van der Waals surface area contributed by atoms with Crippen molar-refractivity contribution in [3.8, 4) is 0 Å². The number of nitrogens with zero attached hydrogens (tertiary/aromatic N) is 1. The molecule has 0 radical (unpaired) electrons. The van der Waals surface area contributed by atoms with Crippen molar-refractivity contribution in [2.24, 2.45) is 0 Å². The van der Waals surface area contributed by atoms with Gasteiger partial charge in [0.25, 0.3) is 0 Å². The van der Waals surface area contributed by atoms with Gasteiger partial charge >= 0.3 is 17.9 Å². The molecule has 0 fully saturated rings. The third kappa shape index (κ3) is 35.9. The molecule has 0 rings (SSSR count). The van der Waals surface area contributed by atoms with E-state index in [0.717, 1.165) is 83.5 Å². The van der Waals surface area contributed by atoms with Crippen LogP contribution < -0.4 is 0 Å². The van der Waals surface area contributed by atoms with Crippen LogP contribution in [0.2, 0.25) is 0 Å². The Morgan fingerprint density at radius 1 is 0.536 bits per heavy atom. The molecule has 0 aliphatic heterocycles. The predicted octanol–water partition coefficient (Wildman–Crippen LogP) is 11.5. The first-order valence-electron chi connectivity index (χ1n) is 21.3. The minimum Gasteiger partial charge on any atom is -0.477 e. The van der Waals surface area contributed by atoms with Crippen molar-refractivity contribution in [1.82, 2.24) is 0 Å². The lowest BCUT2D eigenvalue weighted by Crippen LogP contribution is -2.50. The lowest BCUT2D eigenvalue weighted by molar-refractivity contribution is -0.887. The van der Waals surface area contributed by atoms with Gasteiger partial charge in [-0.1, -0.05) is 137 Å². The van der Waals surface area contributed by atoms with Gasteiger partial charge in [-0.2, -0.15) is 0 Å². The molecule has 0 aromatic rings. The molecule has 0 aliphatic carbocycles. The molecule has 0 aromatic carbocycles. The van der Waals surface area contributed by atoms with E-state index in [1.807, 2.05) is 33.3 Å². The Hall–Kier alpha value is -3.75. The molecule has 316 valence electrons. The fourth-order valence-electron chi connectivity index (χ4n) is 5.51. The van der Waals surface area contributed by atoms with Crippen LogP contribution in [0.4, 0.5) is 0 Å². The minimum atomic E-state index is -0.893. The van der Waals surface area contributed by atoms with Crippen molar-refractivity contribution in [1.29, 1.82) is 0 Å². The molecule has 0 bridgehead atoms. The fourth-order valence-corrected chi connectivity index (χ4v) is 5.51. The van der Waals surface area contributed by atoms with Crippen LogP contribution in [0.15, 0.2) is 97.2 Å². The van der Waals surface area contributed by atoms with Crippen molar-refractivity contribution in [3.05, 3.63) is 97.2 Å². The Morgan fingerprint density at radius 3 is 1.46 bits per heavy atom. The Bertz CT molecular complexity index is 1230. The third-order valence-corrected chi connectivity index (χ3v) is 8.74. The summed E-state index contributed by atoms with van der Waals surface area (Å²) in [7, 11) is 5.48. The summed E-state index contributed by atoms with van der Waals surface area (Å²) in [5, 5.41) is 9.61. The summed E-state index contributed by atoms with van der Waals surface area (Å²) < 4.78 is 17.2. The molecular weight excluding hydrogens is 703 g/mol. The Labute approximate surface area is 341 Å². The molecule has 0 saturated carbocycles. The molecule has 1 N–H and O–H groups in total. The van der Waals surface area contributed by atoms with Gasteiger partial charge in [-0.25, -0.2) is 4.79 Å². The maximum atomic E-state index is 12.7. The number of carboxylic acids is 1. The molecule has 2 atom stereocenters. The van der Waals surface area contributed by atoms with Gasteiger partial charge in [0.15, 0.2) is 12.1 Å². The van der Waals surface area contributed by atoms with Crippen molar-refractivity contribution in [2.45, 2.75) is 148 Å². The molecule has 0 spiro atoms. The van der Waals surface area contributed by atoms with Crippen LogP contribution in [0.25, 0.3) is 0 Å². The van der Waals surface area contributed by atoms with E-state index in [9.17, 15) is 19.5 Å². The number of rotatable bonds is 36. The van der Waals surface area contributed by atoms with Gasteiger partial charge in [0.1, 0.15) is 6.61 Å². The Morgan fingerprint density at radius 2 is 0.982 bits per heavy atom. The summed E-state index contributed by atoms with van der Waals surface area (Å²) in [6.07, 6.45) is 50.4. The number of carbonyl (C=O) groups excluding carboxylic acids is 2. The number of quaternary nitrogens is 1. The highest BCUT2D eigenvalue weighted by Gasteiger charge is 2.31. The smallest absolute Gasteiger partial charge is 0.362 e. The first kappa shape index (κ1) is 52.2. The number of unbranched alkanes of at least 4 members (excludes halogenated alkanes) is 6. The van der Waals surface area contributed by atoms with Crippen LogP contribution in [-0.4, -0.2) is 80.6 Å². The highest BCUT2D eigenvalue weighted by molar-refractivity contribution is 5.72. The van der Waals surface area contributed by atoms with Gasteiger partial charge in [0, 0.05) is 19.3 Å². The maximum Gasteiger partial charge on any atom is 0.362 e. The number of likely N-dealkylation sites (N-methyl/N-ethyl adjacent to an activating group) is 1. The zero-order valence-electron chi connectivity index (χ0n) is 35.8. The second-order valence-corrected chi connectivity index (χ2v) is 14.8. The molecule has 0 heterocycles. The molecule has 0 saturated heterocycles. The van der Waals surface area contributed by atoms with Crippen LogP contribution in [-0.2, 0) is 28.6 Å². The molecule has 56 heavy (non-hydrogen) atoms. The van der Waals surface area contributed by atoms with Crippen LogP contribution in [0.3, 0.4) is 0 Å². The molecular formula is C48H78NO7+. The molecule has 8 nitrogen and oxygen atoms in total. The quantitative estimate of drug-likeness (QED) is 0.0292. The lowest BCUT2D eigenvalue weighted by Gasteiger charge is -2.31. The third-order valence-electron chi connectivity index (χ3n) is 8.74. The normalized spacial score (nSPS) is 13.9. The largest absolute Gasteiger partial charge is 0.477 e. The van der Waals surface area contributed by atoms with E-state index in [1.54, 1.807) is 0 Å². The number of esters is 2. The predicted molar refractivity (Wildman–Crippen MR) is 233 cm³/mol. The molecule has 0 aliphatic rings. The zero-order chi connectivity index (χ0) is 41.4. The van der Waals surface area contributed by atoms with Gasteiger partial charge in [-0.3, -0.25) is 9.59 Å². The number of carbonyl (C=O) groups is 3. The molecule has 0 aromatic heterocycles. The Kier molecular flexibility index (Phi) is 35.6. The van der Waals surface area contributed by atoms with Gasteiger partial charge in [0.05, 0.1) is 34.4 Å². The summed E-state index contributed by atoms with van der Waals surface area (Å²) in [5.74, 6) is -1.61. The van der Waals surface area contributed by atoms with Crippen LogP contribution in [0.5, 0.6) is 0 Å². The van der Waals surface area contributed by atoms with E-state index in [-0.39, 0.29) is 36.7 Å². The van der Waals surface area contributed by atoms with Gasteiger partial charge in [-0.05, 0) is 77.0 Å². The number of hydrogen-bond donors (Lipinski definition) is 1. The van der Waals surface area contributed by atoms with Crippen molar-refractivity contribution in [2.75, 3.05) is 41.0 Å². The average molecular weight is 781 g/mol. The molecule has 0 amide bonds. The first-order chi connectivity index (χ1) is 27.1. The first-order valence-corrected chi connectivity index (χ1v) is 21.3. The van der Waals surface area contributed by atoms with E-state index in [4.69, 9.17) is 14.2 Å². The SMILES string of the molecule is CC/C=C/C/C=C/C/C=C/C/C=C/C/C=C/CCC(=O)OC(COCCC(C(=O)O)[N+](C)(C)C)COC(=O)CCCCCCCC/C=C/C/C=C/C/C=C/CC. The number of ether oxygens (including phenoxy) is 3. The highest BCUT2D eigenvalue weighted by atomic mass is 16.6. The summed E-state index contributed by atoms with van der Waals surface area (Å²) in [6, 6.07) is -0.635. The van der Waals surface area contributed by atoms with Crippen molar-refractivity contribution in [3.63, 3.8) is 0 Å². The number of hydrogen-bond acceptors (Lipinski definition) is 6. The van der Waals surface area contributed by atoms with Gasteiger partial charge in [-0.15, -0.1) is 0 Å². The van der Waals surface area contributed by atoms with E-state index in [0.29, 0.717) is 19.3 Å². The van der Waals surface area contributed by atoms with Gasteiger partial charge < -0.3 is 23.8 Å². The summed E-state index contributed by atoms with van der Waals surface area (Å²) in [5.41, 5.74) is 0. The van der Waals surface area contributed by atoms with Gasteiger partial charge in [0.2, 0.25) is 0 Å². The topological polar surface area (TPSA) is 99.1 Å². The summed E-state index contributed by atoms with van der Waals surface area (Å²) >= 11 is 0.